The van der Waals surface area contributed by atoms with Crippen LogP contribution < -0.4 is 26.0 Å². The fraction of sp³-hybridized carbons (Fsp3) is 0.391. The lowest BCUT2D eigenvalue weighted by Crippen LogP contribution is -2.63. The molecule has 2 amide bonds. The second-order valence-electron chi connectivity index (χ2n) is 7.87. The van der Waals surface area contributed by atoms with Crippen molar-refractivity contribution in [2.75, 3.05) is 32.5 Å². The third-order valence-corrected chi connectivity index (χ3v) is 4.69. The maximum absolute atomic E-state index is 12.4. The number of amidine groups is 1. The summed E-state index contributed by atoms with van der Waals surface area (Å²) in [5, 5.41) is 12.3. The number of carbonyl (C=O) groups excluding carboxylic acids is 1. The van der Waals surface area contributed by atoms with Gasteiger partial charge in [0, 0.05) is 24.7 Å². The zero-order valence-corrected chi connectivity index (χ0v) is 18.4. The number of ether oxygens (including phenoxy) is 1. The summed E-state index contributed by atoms with van der Waals surface area (Å²) in [5.74, 6) is 2.39. The fourth-order valence-corrected chi connectivity index (χ4v) is 3.22. The second kappa shape index (κ2) is 11.3. The third kappa shape index (κ3) is 7.92. The zero-order valence-electron chi connectivity index (χ0n) is 18.4. The van der Waals surface area contributed by atoms with Gasteiger partial charge >= 0.3 is 6.03 Å². The normalized spacial score (nSPS) is 19.7. The molecule has 1 saturated heterocycles. The highest BCUT2D eigenvalue weighted by Crippen LogP contribution is 2.22. The van der Waals surface area contributed by atoms with Crippen LogP contribution in [0.3, 0.4) is 0 Å². The monoisotopic (exact) mass is 424 g/mol. The molecule has 1 heterocycles. The van der Waals surface area contributed by atoms with Crippen LogP contribution in [-0.4, -0.2) is 56.3 Å². The number of benzene rings is 2. The maximum Gasteiger partial charge on any atom is 0.321 e. The first-order chi connectivity index (χ1) is 15.0. The lowest BCUT2D eigenvalue weighted by molar-refractivity contribution is 0.240. The number of nitrogens with one attached hydrogen (secondary N) is 4. The fourth-order valence-electron chi connectivity index (χ4n) is 3.22. The van der Waals surface area contributed by atoms with Crippen molar-refractivity contribution in [3.63, 3.8) is 0 Å². The summed E-state index contributed by atoms with van der Waals surface area (Å²) in [6, 6.07) is 16.7. The van der Waals surface area contributed by atoms with Gasteiger partial charge in [-0.15, -0.1) is 0 Å². The average Bonchev–Trinajstić information content (AvgIpc) is 2.73. The molecule has 2 atom stereocenters. The Morgan fingerprint density at radius 3 is 2.55 bits per heavy atom. The number of hydrogen-bond acceptors (Lipinski definition) is 5. The van der Waals surface area contributed by atoms with E-state index in [4.69, 9.17) is 4.74 Å². The Kier molecular flexibility index (Phi) is 8.26. The van der Waals surface area contributed by atoms with Crippen molar-refractivity contribution in [1.82, 2.24) is 20.9 Å². The molecular weight excluding hydrogens is 392 g/mol. The first-order valence-electron chi connectivity index (χ1n) is 10.6. The molecule has 31 heavy (non-hydrogen) atoms. The molecule has 0 radical (unpaired) electrons. The molecule has 1 aliphatic heterocycles. The number of rotatable bonds is 8. The Morgan fingerprint density at radius 1 is 1.13 bits per heavy atom. The summed E-state index contributed by atoms with van der Waals surface area (Å²) >= 11 is 0. The lowest BCUT2D eigenvalue weighted by atomic mass is 10.2. The van der Waals surface area contributed by atoms with Gasteiger partial charge in [-0.05, 0) is 70.4 Å². The van der Waals surface area contributed by atoms with Crippen molar-refractivity contribution in [3.8, 4) is 11.5 Å². The van der Waals surface area contributed by atoms with Crippen molar-refractivity contribution in [2.45, 2.75) is 32.1 Å². The van der Waals surface area contributed by atoms with E-state index in [1.54, 1.807) is 12.1 Å². The van der Waals surface area contributed by atoms with Crippen molar-refractivity contribution in [2.24, 2.45) is 4.99 Å². The first-order valence-corrected chi connectivity index (χ1v) is 10.6. The van der Waals surface area contributed by atoms with Crippen LogP contribution >= 0.6 is 0 Å². The highest BCUT2D eigenvalue weighted by atomic mass is 16.5. The van der Waals surface area contributed by atoms with Crippen molar-refractivity contribution >= 4 is 17.6 Å². The minimum absolute atomic E-state index is 0.216. The first kappa shape index (κ1) is 22.6. The Hall–Kier alpha value is -3.10. The molecule has 166 valence electrons. The molecule has 0 aromatic heterocycles. The van der Waals surface area contributed by atoms with Gasteiger partial charge in [0.25, 0.3) is 0 Å². The molecule has 8 heteroatoms. The molecule has 0 spiro atoms. The van der Waals surface area contributed by atoms with E-state index in [-0.39, 0.29) is 18.4 Å². The molecule has 2 aromatic rings. The number of para-hydroxylation sites is 1. The van der Waals surface area contributed by atoms with Gasteiger partial charge in [0.2, 0.25) is 0 Å². The summed E-state index contributed by atoms with van der Waals surface area (Å²) in [5.41, 5.74) is 0.680. The van der Waals surface area contributed by atoms with Crippen LogP contribution in [-0.2, 0) is 0 Å². The molecule has 2 unspecified atom stereocenters. The number of nitrogens with zero attached hydrogens (tertiary/aromatic N) is 2. The van der Waals surface area contributed by atoms with E-state index in [0.717, 1.165) is 37.5 Å². The predicted molar refractivity (Wildman–Crippen MR) is 125 cm³/mol. The lowest BCUT2D eigenvalue weighted by Gasteiger charge is -2.32. The highest BCUT2D eigenvalue weighted by molar-refractivity contribution is 5.90. The second-order valence-corrected chi connectivity index (χ2v) is 7.87. The molecule has 3 rings (SSSR count). The van der Waals surface area contributed by atoms with Crippen LogP contribution in [0.1, 0.15) is 19.8 Å². The van der Waals surface area contributed by atoms with E-state index in [9.17, 15) is 4.79 Å². The standard InChI is InChI=1S/C23H32N6O2/c1-17-16-21(24-14-7-15-29(2)3)27-22(25-17)28-23(30)26-18-10-12-20(13-11-18)31-19-8-5-4-6-9-19/h4-6,8-13,17,22,25H,7,14-16H2,1-3H3,(H,24,27)(H2,26,28,30). The highest BCUT2D eigenvalue weighted by Gasteiger charge is 2.22. The van der Waals surface area contributed by atoms with Crippen LogP contribution in [0.2, 0.25) is 0 Å². The van der Waals surface area contributed by atoms with Crippen LogP contribution in [0.25, 0.3) is 0 Å². The van der Waals surface area contributed by atoms with Crippen molar-refractivity contribution in [1.29, 1.82) is 0 Å². The number of anilines is 1. The van der Waals surface area contributed by atoms with Gasteiger partial charge in [-0.2, -0.15) is 0 Å². The van der Waals surface area contributed by atoms with E-state index in [1.165, 1.54) is 0 Å². The molecule has 1 aliphatic rings. The average molecular weight is 425 g/mol. The minimum atomic E-state index is -0.378. The molecular formula is C23H32N6O2. The molecule has 0 aliphatic carbocycles. The number of carbonyl (C=O) groups is 1. The summed E-state index contributed by atoms with van der Waals surface area (Å²) < 4.78 is 5.77. The Morgan fingerprint density at radius 2 is 1.84 bits per heavy atom. The van der Waals surface area contributed by atoms with Gasteiger partial charge in [-0.1, -0.05) is 18.2 Å². The summed E-state index contributed by atoms with van der Waals surface area (Å²) in [6.45, 7) is 3.85. The van der Waals surface area contributed by atoms with Gasteiger partial charge in [-0.25, -0.2) is 4.79 Å². The quantitative estimate of drug-likeness (QED) is 0.489. The van der Waals surface area contributed by atoms with E-state index >= 15 is 0 Å². The van der Waals surface area contributed by atoms with Gasteiger partial charge in [0.15, 0.2) is 6.29 Å². The van der Waals surface area contributed by atoms with Crippen LogP contribution in [0.15, 0.2) is 59.6 Å². The topological polar surface area (TPSA) is 90.0 Å². The Balaban J connectivity index is 1.47. The molecule has 0 bridgehead atoms. The number of hydrogen-bond donors (Lipinski definition) is 4. The molecule has 0 saturated carbocycles. The SMILES string of the molecule is CC1CC(=NCCCN(C)C)NC(NC(=O)Nc2ccc(Oc3ccccc3)cc2)N1. The van der Waals surface area contributed by atoms with Gasteiger partial charge < -0.3 is 25.6 Å². The minimum Gasteiger partial charge on any atom is -0.457 e. The number of amides is 2. The predicted octanol–water partition coefficient (Wildman–Crippen LogP) is 3.21. The third-order valence-electron chi connectivity index (χ3n) is 4.69. The largest absolute Gasteiger partial charge is 0.457 e. The molecule has 1 fully saturated rings. The summed E-state index contributed by atoms with van der Waals surface area (Å²) in [4.78, 5) is 19.2. The van der Waals surface area contributed by atoms with Crippen LogP contribution in [0, 0.1) is 0 Å². The van der Waals surface area contributed by atoms with Crippen LogP contribution in [0.5, 0.6) is 11.5 Å². The number of urea groups is 1. The zero-order chi connectivity index (χ0) is 22.1. The molecule has 2 aromatic carbocycles. The van der Waals surface area contributed by atoms with Crippen LogP contribution in [0.4, 0.5) is 10.5 Å². The Labute approximate surface area is 184 Å². The van der Waals surface area contributed by atoms with E-state index < -0.39 is 0 Å². The molecule has 4 N–H and O–H groups in total. The van der Waals surface area contributed by atoms with Gasteiger partial charge in [0.05, 0.1) is 0 Å². The maximum atomic E-state index is 12.4. The van der Waals surface area contributed by atoms with E-state index in [1.807, 2.05) is 42.5 Å². The van der Waals surface area contributed by atoms with E-state index in [0.29, 0.717) is 11.4 Å². The van der Waals surface area contributed by atoms with Gasteiger partial charge in [-0.3, -0.25) is 10.3 Å². The van der Waals surface area contributed by atoms with Crippen molar-refractivity contribution in [3.05, 3.63) is 54.6 Å². The molecule has 8 nitrogen and oxygen atoms in total. The van der Waals surface area contributed by atoms with Crippen molar-refractivity contribution < 1.29 is 9.53 Å². The van der Waals surface area contributed by atoms with Gasteiger partial charge in [0.1, 0.15) is 17.3 Å². The summed E-state index contributed by atoms with van der Waals surface area (Å²) in [7, 11) is 4.11. The smallest absolute Gasteiger partial charge is 0.321 e. The summed E-state index contributed by atoms with van der Waals surface area (Å²) in [6.07, 6.45) is 1.43. The number of aliphatic imine (C=N–C) groups is 1. The van der Waals surface area contributed by atoms with E-state index in [2.05, 4.69) is 52.2 Å². The Bertz CT molecular complexity index is 854.